The van der Waals surface area contributed by atoms with Crippen LogP contribution in [-0.2, 0) is 19.1 Å². The van der Waals surface area contributed by atoms with Crippen molar-refractivity contribution in [1.29, 1.82) is 0 Å². The van der Waals surface area contributed by atoms with Crippen molar-refractivity contribution in [2.45, 2.75) is 72.0 Å². The molecular formula is C29H34O4. The number of carbonyl (C=O) groups excluding carboxylic acids is 2. The molecule has 4 heteroatoms. The molecule has 2 unspecified atom stereocenters. The summed E-state index contributed by atoms with van der Waals surface area (Å²) in [6.45, 7) is 7.97. The quantitative estimate of drug-likeness (QED) is 0.301. The maximum Gasteiger partial charge on any atom is 0.309 e. The normalized spacial score (nSPS) is 20.4. The largest absolute Gasteiger partial charge is 0.462 e. The van der Waals surface area contributed by atoms with Crippen molar-refractivity contribution in [1.82, 2.24) is 0 Å². The molecule has 1 saturated carbocycles. The topological polar surface area (TPSA) is 52.6 Å². The summed E-state index contributed by atoms with van der Waals surface area (Å²) in [5, 5.41) is 4.87. The summed E-state index contributed by atoms with van der Waals surface area (Å²) >= 11 is 0. The number of hydrogen-bond donors (Lipinski definition) is 0. The zero-order valence-corrected chi connectivity index (χ0v) is 20.1. The van der Waals surface area contributed by atoms with Gasteiger partial charge in [-0.15, -0.1) is 0 Å². The lowest BCUT2D eigenvalue weighted by Gasteiger charge is -2.28. The van der Waals surface area contributed by atoms with Gasteiger partial charge in [0.05, 0.1) is 11.8 Å². The monoisotopic (exact) mass is 446 g/mol. The van der Waals surface area contributed by atoms with E-state index in [4.69, 9.17) is 9.47 Å². The van der Waals surface area contributed by atoms with Crippen LogP contribution in [0.3, 0.4) is 0 Å². The molecule has 33 heavy (non-hydrogen) atoms. The van der Waals surface area contributed by atoms with Gasteiger partial charge < -0.3 is 9.47 Å². The highest BCUT2D eigenvalue weighted by Crippen LogP contribution is 2.32. The molecule has 3 aromatic carbocycles. The van der Waals surface area contributed by atoms with E-state index in [0.717, 1.165) is 30.2 Å². The minimum Gasteiger partial charge on any atom is -0.462 e. The molecule has 0 spiro atoms. The van der Waals surface area contributed by atoms with Gasteiger partial charge in [0, 0.05) is 0 Å². The van der Waals surface area contributed by atoms with Crippen molar-refractivity contribution < 1.29 is 19.1 Å². The number of esters is 2. The van der Waals surface area contributed by atoms with Gasteiger partial charge in [-0.3, -0.25) is 9.59 Å². The van der Waals surface area contributed by atoms with Crippen molar-refractivity contribution in [3.63, 3.8) is 0 Å². The standard InChI is InChI=1S/C29H34O4/c1-5-18(2)28(30)33-25-13-10-21(11-14-25)29(31)32-20(4)22-12-15-27-19(3)26-9-7-6-8-23(26)17-24(27)16-22/h6-9,12,15-18,20-21,25H,5,10-11,13-14H2,1-4H3. The third kappa shape index (κ3) is 5.05. The minimum absolute atomic E-state index is 0.0720. The molecule has 0 bridgehead atoms. The fraction of sp³-hybridized carbons (Fsp3) is 0.448. The molecule has 1 aliphatic carbocycles. The molecule has 4 rings (SSSR count). The second-order valence-electron chi connectivity index (χ2n) is 9.50. The van der Waals surface area contributed by atoms with Crippen LogP contribution in [0.5, 0.6) is 0 Å². The lowest BCUT2D eigenvalue weighted by atomic mass is 9.87. The molecule has 0 N–H and O–H groups in total. The first-order valence-electron chi connectivity index (χ1n) is 12.2. The van der Waals surface area contributed by atoms with Crippen molar-refractivity contribution in [3.05, 3.63) is 59.7 Å². The number of aryl methyl sites for hydroxylation is 1. The van der Waals surface area contributed by atoms with Gasteiger partial charge in [-0.2, -0.15) is 0 Å². The Hall–Kier alpha value is -2.88. The van der Waals surface area contributed by atoms with Crippen molar-refractivity contribution in [2.75, 3.05) is 0 Å². The Morgan fingerprint density at radius 3 is 2.36 bits per heavy atom. The maximum atomic E-state index is 12.8. The lowest BCUT2D eigenvalue weighted by Crippen LogP contribution is -2.30. The van der Waals surface area contributed by atoms with Crippen molar-refractivity contribution in [3.8, 4) is 0 Å². The fourth-order valence-corrected chi connectivity index (χ4v) is 4.77. The summed E-state index contributed by atoms with van der Waals surface area (Å²) in [4.78, 5) is 24.9. The molecule has 1 fully saturated rings. The maximum absolute atomic E-state index is 12.8. The second-order valence-corrected chi connectivity index (χ2v) is 9.50. The fourth-order valence-electron chi connectivity index (χ4n) is 4.77. The van der Waals surface area contributed by atoms with Crippen LogP contribution in [0.1, 0.15) is 70.1 Å². The second kappa shape index (κ2) is 9.94. The van der Waals surface area contributed by atoms with E-state index in [9.17, 15) is 9.59 Å². The number of carbonyl (C=O) groups is 2. The summed E-state index contributed by atoms with van der Waals surface area (Å²) in [6.07, 6.45) is 3.24. The lowest BCUT2D eigenvalue weighted by molar-refractivity contribution is -0.159. The van der Waals surface area contributed by atoms with Crippen LogP contribution in [0.4, 0.5) is 0 Å². The van der Waals surface area contributed by atoms with E-state index in [1.54, 1.807) is 0 Å². The average molecular weight is 447 g/mol. The Balaban J connectivity index is 1.39. The van der Waals surface area contributed by atoms with Gasteiger partial charge in [-0.05, 0) is 90.8 Å². The van der Waals surface area contributed by atoms with E-state index in [1.165, 1.54) is 21.7 Å². The molecule has 0 heterocycles. The highest BCUT2D eigenvalue weighted by Gasteiger charge is 2.31. The summed E-state index contributed by atoms with van der Waals surface area (Å²) in [5.74, 6) is -0.477. The number of ether oxygens (including phenoxy) is 2. The molecule has 4 nitrogen and oxygen atoms in total. The van der Waals surface area contributed by atoms with Crippen molar-refractivity contribution >= 4 is 33.5 Å². The predicted octanol–water partition coefficient (Wildman–Crippen LogP) is 7.05. The molecular weight excluding hydrogens is 412 g/mol. The summed E-state index contributed by atoms with van der Waals surface area (Å²) in [7, 11) is 0. The van der Waals surface area contributed by atoms with E-state index in [0.29, 0.717) is 12.8 Å². The highest BCUT2D eigenvalue weighted by molar-refractivity contribution is 6.02. The van der Waals surface area contributed by atoms with Gasteiger partial charge in [0.1, 0.15) is 12.2 Å². The van der Waals surface area contributed by atoms with Crippen LogP contribution in [0.2, 0.25) is 0 Å². The van der Waals surface area contributed by atoms with E-state index in [1.807, 2.05) is 20.8 Å². The van der Waals surface area contributed by atoms with Gasteiger partial charge in [0.15, 0.2) is 0 Å². The van der Waals surface area contributed by atoms with E-state index in [-0.39, 0.29) is 36.0 Å². The molecule has 0 saturated heterocycles. The predicted molar refractivity (Wildman–Crippen MR) is 132 cm³/mol. The first-order chi connectivity index (χ1) is 15.9. The van der Waals surface area contributed by atoms with Crippen LogP contribution >= 0.6 is 0 Å². The Morgan fingerprint density at radius 1 is 0.939 bits per heavy atom. The third-order valence-electron chi connectivity index (χ3n) is 7.22. The van der Waals surface area contributed by atoms with Gasteiger partial charge in [0.2, 0.25) is 0 Å². The molecule has 0 aromatic heterocycles. The average Bonchev–Trinajstić information content (AvgIpc) is 2.83. The molecule has 2 atom stereocenters. The van der Waals surface area contributed by atoms with Gasteiger partial charge in [0.25, 0.3) is 0 Å². The Labute approximate surface area is 196 Å². The number of benzene rings is 3. The number of rotatable bonds is 6. The minimum atomic E-state index is -0.311. The van der Waals surface area contributed by atoms with Gasteiger partial charge in [-0.25, -0.2) is 0 Å². The first-order valence-corrected chi connectivity index (χ1v) is 12.2. The number of hydrogen-bond acceptors (Lipinski definition) is 4. The van der Waals surface area contributed by atoms with Crippen molar-refractivity contribution in [2.24, 2.45) is 11.8 Å². The molecule has 0 aliphatic heterocycles. The van der Waals surface area contributed by atoms with E-state index >= 15 is 0 Å². The summed E-state index contributed by atoms with van der Waals surface area (Å²) in [5.41, 5.74) is 2.27. The van der Waals surface area contributed by atoms with Crippen LogP contribution in [-0.4, -0.2) is 18.0 Å². The number of fused-ring (bicyclic) bond motifs is 2. The highest BCUT2D eigenvalue weighted by atomic mass is 16.5. The van der Waals surface area contributed by atoms with E-state index < -0.39 is 0 Å². The zero-order chi connectivity index (χ0) is 23.5. The molecule has 174 valence electrons. The Kier molecular flexibility index (Phi) is 7.02. The van der Waals surface area contributed by atoms with Crippen LogP contribution in [0.15, 0.2) is 48.5 Å². The smallest absolute Gasteiger partial charge is 0.309 e. The summed E-state index contributed by atoms with van der Waals surface area (Å²) < 4.78 is 11.5. The third-order valence-corrected chi connectivity index (χ3v) is 7.22. The zero-order valence-electron chi connectivity index (χ0n) is 20.1. The molecule has 0 amide bonds. The molecule has 3 aromatic rings. The van der Waals surface area contributed by atoms with Gasteiger partial charge >= 0.3 is 11.9 Å². The van der Waals surface area contributed by atoms with Crippen LogP contribution in [0.25, 0.3) is 21.5 Å². The molecule has 0 radical (unpaired) electrons. The SMILES string of the molecule is CCC(C)C(=O)OC1CCC(C(=O)OC(C)c2ccc3c(C)c4ccccc4cc3c2)CC1. The van der Waals surface area contributed by atoms with Crippen LogP contribution in [0, 0.1) is 18.8 Å². The van der Waals surface area contributed by atoms with E-state index in [2.05, 4.69) is 55.5 Å². The van der Waals surface area contributed by atoms with Crippen LogP contribution < -0.4 is 0 Å². The van der Waals surface area contributed by atoms with Gasteiger partial charge in [-0.1, -0.05) is 50.2 Å². The summed E-state index contributed by atoms with van der Waals surface area (Å²) in [6, 6.07) is 17.0. The molecule has 1 aliphatic rings. The Bertz CT molecular complexity index is 1160. The first kappa shape index (κ1) is 23.3. The Morgan fingerprint density at radius 2 is 1.64 bits per heavy atom.